The number of benzene rings is 2. The molecule has 0 atom stereocenters. The molecule has 3 amide bonds. The maximum atomic E-state index is 12.5. The number of imide groups is 1. The van der Waals surface area contributed by atoms with Gasteiger partial charge in [-0.1, -0.05) is 36.4 Å². The molecule has 0 aliphatic rings. The SMILES string of the molecule is CCOC(=O)NC(=O)N(C)c1oc(=O)c2ccccc2c1-c1ccccc1OC. The van der Waals surface area contributed by atoms with Crippen molar-refractivity contribution in [1.82, 2.24) is 5.32 Å². The van der Waals surface area contributed by atoms with Gasteiger partial charge in [0.05, 0.1) is 24.7 Å². The van der Waals surface area contributed by atoms with Crippen molar-refractivity contribution in [2.75, 3.05) is 25.7 Å². The molecule has 0 saturated heterocycles. The number of hydrogen-bond donors (Lipinski definition) is 1. The van der Waals surface area contributed by atoms with Crippen molar-refractivity contribution in [3.63, 3.8) is 0 Å². The van der Waals surface area contributed by atoms with E-state index in [1.54, 1.807) is 55.5 Å². The van der Waals surface area contributed by atoms with Gasteiger partial charge in [0.25, 0.3) is 0 Å². The van der Waals surface area contributed by atoms with E-state index in [0.717, 1.165) is 4.90 Å². The summed E-state index contributed by atoms with van der Waals surface area (Å²) in [5.41, 5.74) is 0.505. The Morgan fingerprint density at radius 1 is 1.07 bits per heavy atom. The topological polar surface area (TPSA) is 98.1 Å². The molecule has 3 rings (SSSR count). The molecular formula is C21H20N2O6. The van der Waals surface area contributed by atoms with Crippen LogP contribution in [0.1, 0.15) is 6.92 Å². The number of ether oxygens (including phenoxy) is 2. The van der Waals surface area contributed by atoms with Crippen LogP contribution in [0.3, 0.4) is 0 Å². The van der Waals surface area contributed by atoms with Gasteiger partial charge in [0.15, 0.2) is 0 Å². The molecule has 0 saturated carbocycles. The van der Waals surface area contributed by atoms with Crippen LogP contribution < -0.4 is 20.6 Å². The van der Waals surface area contributed by atoms with Gasteiger partial charge in [-0.05, 0) is 19.1 Å². The second-order valence-corrected chi connectivity index (χ2v) is 6.03. The van der Waals surface area contributed by atoms with E-state index >= 15 is 0 Å². The van der Waals surface area contributed by atoms with E-state index in [4.69, 9.17) is 13.9 Å². The Morgan fingerprint density at radius 2 is 1.72 bits per heavy atom. The molecule has 8 heteroatoms. The standard InChI is InChI=1S/C21H20N2O6/c1-4-28-21(26)22-20(25)23(2)18-17(15-11-7-8-12-16(15)27-3)13-9-5-6-10-14(13)19(24)29-18/h5-12H,4H2,1-3H3,(H,22,25,26). The van der Waals surface area contributed by atoms with Crippen LogP contribution in [0.25, 0.3) is 21.9 Å². The highest BCUT2D eigenvalue weighted by molar-refractivity contribution is 6.07. The zero-order valence-electron chi connectivity index (χ0n) is 16.2. The number of para-hydroxylation sites is 1. The van der Waals surface area contributed by atoms with Crippen LogP contribution in [0.5, 0.6) is 5.75 Å². The lowest BCUT2D eigenvalue weighted by Gasteiger charge is -2.21. The van der Waals surface area contributed by atoms with Gasteiger partial charge >= 0.3 is 17.7 Å². The molecule has 0 fully saturated rings. The molecule has 0 radical (unpaired) electrons. The van der Waals surface area contributed by atoms with Gasteiger partial charge in [0.1, 0.15) is 5.75 Å². The Balaban J connectivity index is 2.23. The fourth-order valence-electron chi connectivity index (χ4n) is 2.97. The summed E-state index contributed by atoms with van der Waals surface area (Å²) in [6.45, 7) is 1.73. The molecule has 1 aromatic heterocycles. The Morgan fingerprint density at radius 3 is 2.41 bits per heavy atom. The van der Waals surface area contributed by atoms with Gasteiger partial charge in [-0.15, -0.1) is 0 Å². The lowest BCUT2D eigenvalue weighted by molar-refractivity contribution is 0.153. The van der Waals surface area contributed by atoms with Gasteiger partial charge in [0, 0.05) is 18.0 Å². The van der Waals surface area contributed by atoms with E-state index < -0.39 is 17.7 Å². The normalized spacial score (nSPS) is 10.4. The van der Waals surface area contributed by atoms with Crippen LogP contribution in [-0.4, -0.2) is 32.9 Å². The van der Waals surface area contributed by atoms with Gasteiger partial charge in [0.2, 0.25) is 5.88 Å². The van der Waals surface area contributed by atoms with Crippen molar-refractivity contribution in [1.29, 1.82) is 0 Å². The number of amides is 3. The molecule has 8 nitrogen and oxygen atoms in total. The van der Waals surface area contributed by atoms with Crippen LogP contribution in [0.4, 0.5) is 15.5 Å². The number of anilines is 1. The van der Waals surface area contributed by atoms with Crippen LogP contribution in [-0.2, 0) is 4.74 Å². The number of alkyl carbamates (subject to hydrolysis) is 1. The predicted octanol–water partition coefficient (Wildman–Crippen LogP) is 3.77. The highest BCUT2D eigenvalue weighted by atomic mass is 16.5. The van der Waals surface area contributed by atoms with Gasteiger partial charge in [-0.25, -0.2) is 19.7 Å². The second-order valence-electron chi connectivity index (χ2n) is 6.03. The fraction of sp³-hybridized carbons (Fsp3) is 0.190. The Kier molecular flexibility index (Phi) is 5.82. The van der Waals surface area contributed by atoms with Crippen LogP contribution in [0, 0.1) is 0 Å². The number of carbonyl (C=O) groups is 2. The van der Waals surface area contributed by atoms with E-state index in [2.05, 4.69) is 5.32 Å². The largest absolute Gasteiger partial charge is 0.496 e. The second kappa shape index (κ2) is 8.47. The Bertz CT molecular complexity index is 1120. The third kappa shape index (κ3) is 3.91. The molecule has 0 spiro atoms. The zero-order valence-corrected chi connectivity index (χ0v) is 16.2. The number of methoxy groups -OCH3 is 1. The average molecular weight is 396 g/mol. The van der Waals surface area contributed by atoms with E-state index in [1.165, 1.54) is 14.2 Å². The first-order valence-corrected chi connectivity index (χ1v) is 8.88. The van der Waals surface area contributed by atoms with Crippen molar-refractivity contribution < 1.29 is 23.5 Å². The van der Waals surface area contributed by atoms with E-state index in [9.17, 15) is 14.4 Å². The Hall–Kier alpha value is -3.81. The molecule has 0 unspecified atom stereocenters. The maximum absolute atomic E-state index is 12.5. The summed E-state index contributed by atoms with van der Waals surface area (Å²) in [5, 5.41) is 3.03. The maximum Gasteiger partial charge on any atom is 0.415 e. The molecular weight excluding hydrogens is 376 g/mol. The van der Waals surface area contributed by atoms with Gasteiger partial charge < -0.3 is 13.9 Å². The minimum Gasteiger partial charge on any atom is -0.496 e. The zero-order chi connectivity index (χ0) is 21.0. The summed E-state index contributed by atoms with van der Waals surface area (Å²) in [7, 11) is 2.91. The summed E-state index contributed by atoms with van der Waals surface area (Å²) >= 11 is 0. The molecule has 3 aromatic rings. The van der Waals surface area contributed by atoms with Crippen LogP contribution in [0.15, 0.2) is 57.7 Å². The van der Waals surface area contributed by atoms with Gasteiger partial charge in [-0.3, -0.25) is 4.90 Å². The molecule has 2 aromatic carbocycles. The van der Waals surface area contributed by atoms with Gasteiger partial charge in [-0.2, -0.15) is 0 Å². The quantitative estimate of drug-likeness (QED) is 0.721. The summed E-state index contributed by atoms with van der Waals surface area (Å²) in [5.74, 6) is 0.506. The summed E-state index contributed by atoms with van der Waals surface area (Å²) in [6.07, 6.45) is -0.897. The molecule has 150 valence electrons. The monoisotopic (exact) mass is 396 g/mol. The predicted molar refractivity (Wildman–Crippen MR) is 108 cm³/mol. The number of nitrogens with zero attached hydrogens (tertiary/aromatic N) is 1. The van der Waals surface area contributed by atoms with Crippen molar-refractivity contribution in [2.24, 2.45) is 0 Å². The van der Waals surface area contributed by atoms with E-state index in [0.29, 0.717) is 27.6 Å². The highest BCUT2D eigenvalue weighted by Gasteiger charge is 2.25. The van der Waals surface area contributed by atoms with E-state index in [1.807, 2.05) is 0 Å². The first-order valence-electron chi connectivity index (χ1n) is 8.88. The lowest BCUT2D eigenvalue weighted by atomic mass is 9.99. The molecule has 0 aliphatic heterocycles. The van der Waals surface area contributed by atoms with Crippen molar-refractivity contribution in [3.8, 4) is 16.9 Å². The molecule has 0 bridgehead atoms. The third-order valence-corrected chi connectivity index (χ3v) is 4.29. The first kappa shape index (κ1) is 19.9. The number of urea groups is 1. The molecule has 1 heterocycles. The van der Waals surface area contributed by atoms with E-state index in [-0.39, 0.29) is 12.5 Å². The van der Waals surface area contributed by atoms with Crippen molar-refractivity contribution in [3.05, 3.63) is 59.0 Å². The molecule has 1 N–H and O–H groups in total. The number of hydrogen-bond acceptors (Lipinski definition) is 6. The highest BCUT2D eigenvalue weighted by Crippen LogP contribution is 2.40. The number of fused-ring (bicyclic) bond motifs is 1. The lowest BCUT2D eigenvalue weighted by Crippen LogP contribution is -2.41. The fourth-order valence-corrected chi connectivity index (χ4v) is 2.97. The summed E-state index contributed by atoms with van der Waals surface area (Å²) < 4.78 is 15.7. The molecule has 0 aliphatic carbocycles. The Labute approximate surface area is 166 Å². The third-order valence-electron chi connectivity index (χ3n) is 4.29. The summed E-state index contributed by atoms with van der Waals surface area (Å²) in [6, 6.07) is 13.3. The average Bonchev–Trinajstić information content (AvgIpc) is 2.73. The first-order chi connectivity index (χ1) is 14.0. The minimum atomic E-state index is -0.897. The van der Waals surface area contributed by atoms with Crippen molar-refractivity contribution in [2.45, 2.75) is 6.92 Å². The minimum absolute atomic E-state index is 0.0278. The molecule has 29 heavy (non-hydrogen) atoms. The van der Waals surface area contributed by atoms with Crippen LogP contribution >= 0.6 is 0 Å². The van der Waals surface area contributed by atoms with Crippen LogP contribution in [0.2, 0.25) is 0 Å². The number of nitrogens with one attached hydrogen (secondary N) is 1. The van der Waals surface area contributed by atoms with Crippen molar-refractivity contribution >= 4 is 28.8 Å². The summed E-state index contributed by atoms with van der Waals surface area (Å²) in [4.78, 5) is 37.8. The number of rotatable bonds is 4. The number of carbonyl (C=O) groups excluding carboxylic acids is 2. The smallest absolute Gasteiger partial charge is 0.415 e.